The van der Waals surface area contributed by atoms with Crippen LogP contribution in [0.25, 0.3) is 0 Å². The first-order valence-electron chi connectivity index (χ1n) is 8.85. The Labute approximate surface area is 168 Å². The minimum absolute atomic E-state index is 0.220. The predicted molar refractivity (Wildman–Crippen MR) is 109 cm³/mol. The molecule has 1 aromatic carbocycles. The van der Waals surface area contributed by atoms with E-state index in [9.17, 15) is 4.79 Å². The summed E-state index contributed by atoms with van der Waals surface area (Å²) in [5.74, 6) is 1.91. The molecule has 150 valence electrons. The van der Waals surface area contributed by atoms with E-state index in [-0.39, 0.29) is 5.91 Å². The Morgan fingerprint density at radius 2 is 1.72 bits per heavy atom. The molecule has 8 nitrogen and oxygen atoms in total. The number of anilines is 2. The number of aromatic nitrogens is 2. The highest BCUT2D eigenvalue weighted by Crippen LogP contribution is 2.40. The van der Waals surface area contributed by atoms with Crippen molar-refractivity contribution in [2.24, 2.45) is 0 Å². The molecule has 0 aliphatic carbocycles. The maximum Gasteiger partial charge on any atom is 0.253 e. The normalized spacial score (nSPS) is 10.2. The highest BCUT2D eigenvalue weighted by Gasteiger charge is 2.14. The van der Waals surface area contributed by atoms with Crippen molar-refractivity contribution in [2.75, 3.05) is 26.6 Å². The third kappa shape index (κ3) is 4.92. The van der Waals surface area contributed by atoms with Gasteiger partial charge in [0.1, 0.15) is 5.82 Å². The Morgan fingerprint density at radius 3 is 2.28 bits per heavy atom. The van der Waals surface area contributed by atoms with Gasteiger partial charge in [0.2, 0.25) is 5.75 Å². The fourth-order valence-corrected chi connectivity index (χ4v) is 2.68. The summed E-state index contributed by atoms with van der Waals surface area (Å²) >= 11 is 0. The van der Waals surface area contributed by atoms with Crippen LogP contribution in [-0.2, 0) is 6.54 Å². The highest BCUT2D eigenvalue weighted by molar-refractivity contribution is 5.94. The van der Waals surface area contributed by atoms with Crippen LogP contribution < -0.4 is 24.8 Å². The van der Waals surface area contributed by atoms with Gasteiger partial charge < -0.3 is 24.8 Å². The first-order valence-corrected chi connectivity index (χ1v) is 8.85. The van der Waals surface area contributed by atoms with Crippen LogP contribution in [0.3, 0.4) is 0 Å². The number of amides is 1. The molecule has 0 saturated heterocycles. The number of carbonyl (C=O) groups excluding carboxylic acids is 1. The minimum Gasteiger partial charge on any atom is -0.493 e. The maximum absolute atomic E-state index is 12.3. The van der Waals surface area contributed by atoms with Gasteiger partial charge >= 0.3 is 0 Å². The van der Waals surface area contributed by atoms with E-state index in [1.54, 1.807) is 51.8 Å². The van der Waals surface area contributed by atoms with Crippen LogP contribution in [0.4, 0.5) is 11.5 Å². The van der Waals surface area contributed by atoms with E-state index in [0.717, 1.165) is 5.69 Å². The molecule has 2 N–H and O–H groups in total. The van der Waals surface area contributed by atoms with E-state index in [1.165, 1.54) is 6.20 Å². The average molecular weight is 394 g/mol. The van der Waals surface area contributed by atoms with Crippen LogP contribution >= 0.6 is 0 Å². The van der Waals surface area contributed by atoms with Gasteiger partial charge in [0, 0.05) is 30.2 Å². The molecule has 0 unspecified atom stereocenters. The van der Waals surface area contributed by atoms with Crippen molar-refractivity contribution in [3.05, 3.63) is 66.1 Å². The average Bonchev–Trinajstić information content (AvgIpc) is 2.77. The largest absolute Gasteiger partial charge is 0.493 e. The van der Waals surface area contributed by atoms with Gasteiger partial charge in [-0.15, -0.1) is 0 Å². The summed E-state index contributed by atoms with van der Waals surface area (Å²) in [4.78, 5) is 20.8. The quantitative estimate of drug-likeness (QED) is 0.606. The summed E-state index contributed by atoms with van der Waals surface area (Å²) in [7, 11) is 4.65. The van der Waals surface area contributed by atoms with Gasteiger partial charge in [-0.05, 0) is 24.3 Å². The third-order valence-corrected chi connectivity index (χ3v) is 4.12. The van der Waals surface area contributed by atoms with Gasteiger partial charge in [0.15, 0.2) is 11.5 Å². The molecule has 0 saturated carbocycles. The van der Waals surface area contributed by atoms with Gasteiger partial charge in [-0.1, -0.05) is 6.07 Å². The minimum atomic E-state index is -0.220. The Hall–Kier alpha value is -3.81. The lowest BCUT2D eigenvalue weighted by atomic mass is 10.2. The molecule has 0 bridgehead atoms. The molecule has 29 heavy (non-hydrogen) atoms. The third-order valence-electron chi connectivity index (χ3n) is 4.12. The zero-order valence-corrected chi connectivity index (χ0v) is 16.4. The highest BCUT2D eigenvalue weighted by atomic mass is 16.5. The molecule has 0 aliphatic heterocycles. The van der Waals surface area contributed by atoms with Gasteiger partial charge in [0.25, 0.3) is 5.91 Å². The molecule has 0 aliphatic rings. The molecule has 0 radical (unpaired) electrons. The van der Waals surface area contributed by atoms with Crippen molar-refractivity contribution in [3.63, 3.8) is 0 Å². The molecule has 0 atom stereocenters. The zero-order valence-electron chi connectivity index (χ0n) is 16.4. The van der Waals surface area contributed by atoms with E-state index in [2.05, 4.69) is 20.6 Å². The monoisotopic (exact) mass is 394 g/mol. The summed E-state index contributed by atoms with van der Waals surface area (Å²) in [6.45, 7) is 0.352. The van der Waals surface area contributed by atoms with Crippen LogP contribution in [0.1, 0.15) is 16.1 Å². The summed E-state index contributed by atoms with van der Waals surface area (Å²) in [6.07, 6.45) is 3.20. The van der Waals surface area contributed by atoms with Crippen molar-refractivity contribution >= 4 is 17.4 Å². The first-order chi connectivity index (χ1) is 14.1. The van der Waals surface area contributed by atoms with Crippen LogP contribution in [0.15, 0.2) is 54.9 Å². The number of nitrogens with one attached hydrogen (secondary N) is 2. The Kier molecular flexibility index (Phi) is 6.47. The number of pyridine rings is 2. The molecular weight excluding hydrogens is 372 g/mol. The topological polar surface area (TPSA) is 94.6 Å². The van der Waals surface area contributed by atoms with Gasteiger partial charge in [-0.2, -0.15) is 0 Å². The van der Waals surface area contributed by atoms with Crippen molar-refractivity contribution < 1.29 is 19.0 Å². The molecule has 3 rings (SSSR count). The second-order valence-electron chi connectivity index (χ2n) is 5.97. The predicted octanol–water partition coefficient (Wildman–Crippen LogP) is 3.18. The summed E-state index contributed by atoms with van der Waals surface area (Å²) in [5.41, 5.74) is 1.95. The number of ether oxygens (including phenoxy) is 3. The van der Waals surface area contributed by atoms with Crippen LogP contribution in [0.2, 0.25) is 0 Å². The van der Waals surface area contributed by atoms with Gasteiger partial charge in [-0.25, -0.2) is 4.98 Å². The first kappa shape index (κ1) is 19.9. The van der Waals surface area contributed by atoms with Crippen molar-refractivity contribution in [3.8, 4) is 17.2 Å². The Morgan fingerprint density at radius 1 is 0.966 bits per heavy atom. The number of methoxy groups -OCH3 is 3. The van der Waals surface area contributed by atoms with Crippen LogP contribution in [-0.4, -0.2) is 37.2 Å². The summed E-state index contributed by atoms with van der Waals surface area (Å²) < 4.78 is 16.0. The van der Waals surface area contributed by atoms with E-state index in [4.69, 9.17) is 14.2 Å². The molecule has 0 spiro atoms. The molecule has 2 heterocycles. The van der Waals surface area contributed by atoms with Gasteiger partial charge in [-0.3, -0.25) is 9.78 Å². The molecule has 2 aromatic heterocycles. The summed E-state index contributed by atoms with van der Waals surface area (Å²) in [6, 6.07) is 12.5. The molecule has 1 amide bonds. The lowest BCUT2D eigenvalue weighted by Gasteiger charge is -2.15. The Bertz CT molecular complexity index is 937. The molecular formula is C21H22N4O4. The standard InChI is InChI=1S/C21H22N4O4/c1-27-17-10-16(11-18(28-2)20(17)29-3)25-19-8-7-14(12-23-19)21(26)24-13-15-6-4-5-9-22-15/h4-12H,13H2,1-3H3,(H,23,25)(H,24,26). The van der Waals surface area contributed by atoms with E-state index in [0.29, 0.717) is 40.9 Å². The smallest absolute Gasteiger partial charge is 0.253 e. The number of nitrogens with zero attached hydrogens (tertiary/aromatic N) is 2. The van der Waals surface area contributed by atoms with Crippen molar-refractivity contribution in [1.82, 2.24) is 15.3 Å². The fourth-order valence-electron chi connectivity index (χ4n) is 2.68. The lowest BCUT2D eigenvalue weighted by Crippen LogP contribution is -2.23. The van der Waals surface area contributed by atoms with E-state index >= 15 is 0 Å². The number of hydrogen-bond acceptors (Lipinski definition) is 7. The van der Waals surface area contributed by atoms with Crippen LogP contribution in [0.5, 0.6) is 17.2 Å². The van der Waals surface area contributed by atoms with Crippen LogP contribution in [0, 0.1) is 0 Å². The second kappa shape index (κ2) is 9.41. The number of carbonyl (C=O) groups is 1. The van der Waals surface area contributed by atoms with Crippen molar-refractivity contribution in [2.45, 2.75) is 6.54 Å². The maximum atomic E-state index is 12.3. The van der Waals surface area contributed by atoms with E-state index in [1.807, 2.05) is 18.2 Å². The Balaban J connectivity index is 1.68. The summed E-state index contributed by atoms with van der Waals surface area (Å²) in [5, 5.41) is 5.98. The van der Waals surface area contributed by atoms with Crippen molar-refractivity contribution in [1.29, 1.82) is 0 Å². The SMILES string of the molecule is COc1cc(Nc2ccc(C(=O)NCc3ccccn3)cn2)cc(OC)c1OC. The molecule has 8 heteroatoms. The molecule has 0 fully saturated rings. The number of benzene rings is 1. The second-order valence-corrected chi connectivity index (χ2v) is 5.97. The number of rotatable bonds is 8. The van der Waals surface area contributed by atoms with Gasteiger partial charge in [0.05, 0.1) is 39.1 Å². The number of hydrogen-bond donors (Lipinski definition) is 2. The zero-order chi connectivity index (χ0) is 20.6. The molecule has 3 aromatic rings. The fraction of sp³-hybridized carbons (Fsp3) is 0.190. The van der Waals surface area contributed by atoms with E-state index < -0.39 is 0 Å². The lowest BCUT2D eigenvalue weighted by molar-refractivity contribution is 0.0950.